The summed E-state index contributed by atoms with van der Waals surface area (Å²) in [6.45, 7) is 4.41. The number of phosphoric acid groups is 1. The summed E-state index contributed by atoms with van der Waals surface area (Å²) in [5, 5.41) is 0. The Morgan fingerprint density at radius 1 is 1.12 bits per heavy atom. The van der Waals surface area contributed by atoms with Crippen molar-refractivity contribution in [2.75, 3.05) is 0 Å². The lowest BCUT2D eigenvalue weighted by Gasteiger charge is -2.05. The van der Waals surface area contributed by atoms with Crippen molar-refractivity contribution in [3.63, 3.8) is 0 Å². The monoisotopic (exact) mass is 358 g/mol. The van der Waals surface area contributed by atoms with E-state index >= 15 is 0 Å². The summed E-state index contributed by atoms with van der Waals surface area (Å²) in [5.74, 6) is 0. The molecule has 0 bridgehead atoms. The molecule has 0 radical (unpaired) electrons. The zero-order chi connectivity index (χ0) is 12.8. The molecular weight excluding hydrogens is 342 g/mol. The Kier molecular flexibility index (Phi) is 7.43. The second-order valence-corrected chi connectivity index (χ2v) is 5.22. The Morgan fingerprint density at radius 3 is 1.69 bits per heavy atom. The van der Waals surface area contributed by atoms with Crippen LogP contribution in [-0.2, 0) is 17.4 Å². The highest BCUT2D eigenvalue weighted by atomic mass is 127. The Bertz CT molecular complexity index is 345. The van der Waals surface area contributed by atoms with Crippen molar-refractivity contribution >= 4 is 30.4 Å². The lowest BCUT2D eigenvalue weighted by atomic mass is 10.1. The number of benzene rings is 1. The van der Waals surface area contributed by atoms with E-state index in [9.17, 15) is 0 Å². The average molecular weight is 358 g/mol. The van der Waals surface area contributed by atoms with Gasteiger partial charge in [-0.05, 0) is 46.6 Å². The van der Waals surface area contributed by atoms with Crippen LogP contribution < -0.4 is 0 Å². The van der Waals surface area contributed by atoms with E-state index in [4.69, 9.17) is 19.2 Å². The van der Waals surface area contributed by atoms with E-state index in [-0.39, 0.29) is 0 Å². The third-order valence-electron chi connectivity index (χ3n) is 1.92. The van der Waals surface area contributed by atoms with E-state index in [0.717, 1.165) is 12.8 Å². The molecule has 0 heterocycles. The Balaban J connectivity index is 0.000000385. The molecule has 3 N–H and O–H groups in total. The molecule has 1 aromatic rings. The van der Waals surface area contributed by atoms with Crippen LogP contribution in [0.15, 0.2) is 18.2 Å². The molecule has 1 aromatic carbocycles. The van der Waals surface area contributed by atoms with E-state index < -0.39 is 7.82 Å². The quantitative estimate of drug-likeness (QED) is 0.561. The van der Waals surface area contributed by atoms with E-state index in [2.05, 4.69) is 54.6 Å². The summed E-state index contributed by atoms with van der Waals surface area (Å²) in [6, 6.07) is 6.57. The van der Waals surface area contributed by atoms with Crippen molar-refractivity contribution in [2.45, 2.75) is 26.7 Å². The summed E-state index contributed by atoms with van der Waals surface area (Å²) >= 11 is 2.44. The van der Waals surface area contributed by atoms with Crippen molar-refractivity contribution in [3.8, 4) is 0 Å². The maximum atomic E-state index is 8.88. The minimum Gasteiger partial charge on any atom is -0.303 e. The van der Waals surface area contributed by atoms with Gasteiger partial charge < -0.3 is 14.7 Å². The number of rotatable bonds is 2. The normalized spacial score (nSPS) is 10.6. The second kappa shape index (κ2) is 7.40. The van der Waals surface area contributed by atoms with Gasteiger partial charge >= 0.3 is 7.82 Å². The maximum absolute atomic E-state index is 8.88. The summed E-state index contributed by atoms with van der Waals surface area (Å²) in [4.78, 5) is 21.6. The zero-order valence-electron chi connectivity index (χ0n) is 9.22. The van der Waals surface area contributed by atoms with Crippen molar-refractivity contribution in [2.24, 2.45) is 0 Å². The molecule has 92 valence electrons. The number of halogens is 1. The Labute approximate surface area is 109 Å². The molecule has 1 rings (SSSR count). The van der Waals surface area contributed by atoms with Gasteiger partial charge in [0.25, 0.3) is 0 Å². The Morgan fingerprint density at radius 2 is 1.44 bits per heavy atom. The molecule has 0 unspecified atom stereocenters. The average Bonchev–Trinajstić information content (AvgIpc) is 2.16. The lowest BCUT2D eigenvalue weighted by molar-refractivity contribution is 0.275. The van der Waals surface area contributed by atoms with Gasteiger partial charge in [-0.2, -0.15) is 0 Å². The largest absolute Gasteiger partial charge is 0.466 e. The van der Waals surface area contributed by atoms with Crippen molar-refractivity contribution in [3.05, 3.63) is 32.9 Å². The van der Waals surface area contributed by atoms with Crippen molar-refractivity contribution < 1.29 is 19.2 Å². The molecule has 0 aliphatic rings. The molecule has 0 fully saturated rings. The molecule has 0 aliphatic heterocycles. The first-order valence-corrected chi connectivity index (χ1v) is 7.48. The molecule has 0 aromatic heterocycles. The summed E-state index contributed by atoms with van der Waals surface area (Å²) in [6.07, 6.45) is 2.29. The van der Waals surface area contributed by atoms with Crippen LogP contribution >= 0.6 is 30.4 Å². The molecule has 0 atom stereocenters. The highest BCUT2D eigenvalue weighted by molar-refractivity contribution is 14.1. The second-order valence-electron chi connectivity index (χ2n) is 3.11. The van der Waals surface area contributed by atoms with Crippen LogP contribution in [0.4, 0.5) is 0 Å². The molecule has 0 amide bonds. The maximum Gasteiger partial charge on any atom is 0.466 e. The van der Waals surface area contributed by atoms with Gasteiger partial charge in [0.2, 0.25) is 0 Å². The van der Waals surface area contributed by atoms with Gasteiger partial charge in [0, 0.05) is 3.57 Å². The van der Waals surface area contributed by atoms with Crippen LogP contribution in [0.1, 0.15) is 25.0 Å². The predicted molar refractivity (Wildman–Crippen MR) is 72.2 cm³/mol. The van der Waals surface area contributed by atoms with Crippen LogP contribution in [-0.4, -0.2) is 14.7 Å². The van der Waals surface area contributed by atoms with Crippen molar-refractivity contribution in [1.82, 2.24) is 0 Å². The predicted octanol–water partition coefficient (Wildman–Crippen LogP) is 2.49. The van der Waals surface area contributed by atoms with Crippen LogP contribution in [0.5, 0.6) is 0 Å². The van der Waals surface area contributed by atoms with E-state index in [1.54, 1.807) is 0 Å². The molecular formula is C10H16IO4P. The van der Waals surface area contributed by atoms with E-state index in [1.807, 2.05) is 0 Å². The topological polar surface area (TPSA) is 77.8 Å². The first-order chi connectivity index (χ1) is 7.29. The molecule has 0 spiro atoms. The fraction of sp³-hybridized carbons (Fsp3) is 0.400. The molecule has 0 aliphatic carbocycles. The number of hydrogen-bond acceptors (Lipinski definition) is 1. The van der Waals surface area contributed by atoms with Crippen LogP contribution in [0.25, 0.3) is 0 Å². The minimum atomic E-state index is -4.64. The smallest absolute Gasteiger partial charge is 0.303 e. The minimum absolute atomic E-state index is 1.14. The molecule has 0 saturated heterocycles. The summed E-state index contributed by atoms with van der Waals surface area (Å²) in [5.41, 5.74) is 2.95. The SMILES string of the molecule is CCc1cccc(CC)c1I.O=P(O)(O)O. The van der Waals surface area contributed by atoms with Gasteiger partial charge in [-0.1, -0.05) is 32.0 Å². The van der Waals surface area contributed by atoms with Gasteiger partial charge in [-0.25, -0.2) is 4.57 Å². The molecule has 4 nitrogen and oxygen atoms in total. The van der Waals surface area contributed by atoms with Crippen LogP contribution in [0.3, 0.4) is 0 Å². The molecule has 6 heteroatoms. The standard InChI is InChI=1S/C10H13I.H3O4P/c1-3-8-6-5-7-9(4-2)10(8)11;1-5(2,3)4/h5-7H,3-4H2,1-2H3;(H3,1,2,3,4). The number of hydrogen-bond donors (Lipinski definition) is 3. The van der Waals surface area contributed by atoms with Crippen LogP contribution in [0.2, 0.25) is 0 Å². The van der Waals surface area contributed by atoms with Crippen molar-refractivity contribution in [1.29, 1.82) is 0 Å². The zero-order valence-corrected chi connectivity index (χ0v) is 12.3. The first kappa shape index (κ1) is 16.1. The third kappa shape index (κ3) is 7.35. The third-order valence-corrected chi connectivity index (χ3v) is 3.31. The first-order valence-electron chi connectivity index (χ1n) is 4.84. The fourth-order valence-electron chi connectivity index (χ4n) is 1.18. The Hall–Kier alpha value is 0.0600. The summed E-state index contributed by atoms with van der Waals surface area (Å²) < 4.78 is 10.3. The van der Waals surface area contributed by atoms with Gasteiger partial charge in [0.15, 0.2) is 0 Å². The van der Waals surface area contributed by atoms with Gasteiger partial charge in [0.05, 0.1) is 0 Å². The van der Waals surface area contributed by atoms with Gasteiger partial charge in [0.1, 0.15) is 0 Å². The molecule has 16 heavy (non-hydrogen) atoms. The number of aryl methyl sites for hydroxylation is 2. The highest BCUT2D eigenvalue weighted by Gasteiger charge is 2.00. The van der Waals surface area contributed by atoms with Gasteiger partial charge in [-0.15, -0.1) is 0 Å². The lowest BCUT2D eigenvalue weighted by Crippen LogP contribution is -1.91. The fourth-order valence-corrected chi connectivity index (χ4v) is 2.30. The van der Waals surface area contributed by atoms with Gasteiger partial charge in [-0.3, -0.25) is 0 Å². The van der Waals surface area contributed by atoms with E-state index in [1.165, 1.54) is 14.7 Å². The molecule has 0 saturated carbocycles. The van der Waals surface area contributed by atoms with E-state index in [0.29, 0.717) is 0 Å². The summed E-state index contributed by atoms with van der Waals surface area (Å²) in [7, 11) is -4.64. The highest BCUT2D eigenvalue weighted by Crippen LogP contribution is 2.25. The van der Waals surface area contributed by atoms with Crippen LogP contribution in [0, 0.1) is 3.57 Å².